The third-order valence-electron chi connectivity index (χ3n) is 3.36. The van der Waals surface area contributed by atoms with Gasteiger partial charge in [-0.05, 0) is 12.1 Å². The number of hydrogen-bond donors (Lipinski definition) is 1. The first kappa shape index (κ1) is 19.8. The SMILES string of the molecule is Br.COc1cc(Nc2nc(-c3ccc(Cl)cc3)cs2)c(OC)cc1Cl. The highest BCUT2D eigenvalue weighted by molar-refractivity contribution is 8.93. The Morgan fingerprint density at radius 2 is 1.68 bits per heavy atom. The second-order valence-corrected chi connectivity index (χ2v) is 6.56. The highest BCUT2D eigenvalue weighted by Gasteiger charge is 2.12. The lowest BCUT2D eigenvalue weighted by Gasteiger charge is -2.12. The number of benzene rings is 2. The Morgan fingerprint density at radius 3 is 2.32 bits per heavy atom. The fourth-order valence-corrected chi connectivity index (χ4v) is 3.25. The molecular weight excluding hydrogens is 447 g/mol. The Morgan fingerprint density at radius 1 is 1.00 bits per heavy atom. The topological polar surface area (TPSA) is 43.4 Å². The average molecular weight is 462 g/mol. The quantitative estimate of drug-likeness (QED) is 0.473. The van der Waals surface area contributed by atoms with Crippen LogP contribution in [0.5, 0.6) is 11.5 Å². The summed E-state index contributed by atoms with van der Waals surface area (Å²) >= 11 is 13.5. The molecule has 132 valence electrons. The average Bonchev–Trinajstić information content (AvgIpc) is 3.05. The number of ether oxygens (including phenoxy) is 2. The van der Waals surface area contributed by atoms with Gasteiger partial charge in [-0.25, -0.2) is 4.98 Å². The molecule has 3 aromatic rings. The van der Waals surface area contributed by atoms with E-state index in [0.29, 0.717) is 21.5 Å². The number of methoxy groups -OCH3 is 2. The zero-order valence-corrected chi connectivity index (χ0v) is 17.4. The van der Waals surface area contributed by atoms with Gasteiger partial charge in [-0.3, -0.25) is 0 Å². The van der Waals surface area contributed by atoms with Crippen molar-refractivity contribution < 1.29 is 9.47 Å². The minimum absolute atomic E-state index is 0. The molecule has 0 unspecified atom stereocenters. The van der Waals surface area contributed by atoms with Gasteiger partial charge in [0.15, 0.2) is 5.13 Å². The van der Waals surface area contributed by atoms with Crippen molar-refractivity contribution in [2.75, 3.05) is 19.5 Å². The monoisotopic (exact) mass is 460 g/mol. The predicted octanol–water partition coefficient (Wildman–Crippen LogP) is 6.46. The van der Waals surface area contributed by atoms with Crippen LogP contribution in [0, 0.1) is 0 Å². The summed E-state index contributed by atoms with van der Waals surface area (Å²) in [7, 11) is 3.16. The summed E-state index contributed by atoms with van der Waals surface area (Å²) < 4.78 is 10.6. The molecule has 0 bridgehead atoms. The Balaban J connectivity index is 0.00000225. The smallest absolute Gasteiger partial charge is 0.187 e. The number of hydrogen-bond acceptors (Lipinski definition) is 5. The van der Waals surface area contributed by atoms with Crippen molar-refractivity contribution in [3.63, 3.8) is 0 Å². The summed E-state index contributed by atoms with van der Waals surface area (Å²) in [6.07, 6.45) is 0. The Kier molecular flexibility index (Phi) is 6.95. The first-order valence-electron chi connectivity index (χ1n) is 7.00. The Bertz CT molecular complexity index is 856. The molecule has 0 radical (unpaired) electrons. The summed E-state index contributed by atoms with van der Waals surface area (Å²) in [5.74, 6) is 1.18. The van der Waals surface area contributed by atoms with E-state index in [0.717, 1.165) is 22.1 Å². The van der Waals surface area contributed by atoms with Crippen LogP contribution in [0.1, 0.15) is 0 Å². The molecule has 0 saturated heterocycles. The summed E-state index contributed by atoms with van der Waals surface area (Å²) in [6, 6.07) is 11.0. The van der Waals surface area contributed by atoms with Crippen LogP contribution in [0.25, 0.3) is 11.3 Å². The second kappa shape index (κ2) is 8.76. The molecule has 1 aromatic heterocycles. The molecule has 0 atom stereocenters. The van der Waals surface area contributed by atoms with Gasteiger partial charge in [0.05, 0.1) is 30.6 Å². The maximum atomic E-state index is 6.12. The maximum absolute atomic E-state index is 6.12. The number of thiazole rings is 1. The Hall–Kier alpha value is -1.47. The van der Waals surface area contributed by atoms with E-state index in [1.54, 1.807) is 26.4 Å². The largest absolute Gasteiger partial charge is 0.495 e. The zero-order valence-electron chi connectivity index (χ0n) is 13.4. The van der Waals surface area contributed by atoms with E-state index >= 15 is 0 Å². The van der Waals surface area contributed by atoms with Crippen LogP contribution < -0.4 is 14.8 Å². The van der Waals surface area contributed by atoms with Gasteiger partial charge in [-0.2, -0.15) is 0 Å². The van der Waals surface area contributed by atoms with Gasteiger partial charge >= 0.3 is 0 Å². The van der Waals surface area contributed by atoms with Gasteiger partial charge in [-0.15, -0.1) is 28.3 Å². The standard InChI is InChI=1S/C17H14Cl2N2O2S.BrH/c1-22-15-8-13(16(23-2)7-12(15)19)20-17-21-14(9-24-17)10-3-5-11(18)6-4-10;/h3-9H,1-2H3,(H,20,21);1H. The van der Waals surface area contributed by atoms with Crippen molar-refractivity contribution in [1.82, 2.24) is 4.98 Å². The molecule has 0 aliphatic heterocycles. The molecule has 1 N–H and O–H groups in total. The molecule has 8 heteroatoms. The fraction of sp³-hybridized carbons (Fsp3) is 0.118. The minimum Gasteiger partial charge on any atom is -0.495 e. The van der Waals surface area contributed by atoms with Crippen LogP contribution in [0.3, 0.4) is 0 Å². The number of nitrogens with one attached hydrogen (secondary N) is 1. The van der Waals surface area contributed by atoms with Crippen LogP contribution in [0.4, 0.5) is 10.8 Å². The molecule has 1 heterocycles. The highest BCUT2D eigenvalue weighted by Crippen LogP contribution is 2.38. The third kappa shape index (κ3) is 4.58. The molecule has 0 aliphatic rings. The molecule has 0 aliphatic carbocycles. The van der Waals surface area contributed by atoms with E-state index in [1.165, 1.54) is 11.3 Å². The lowest BCUT2D eigenvalue weighted by atomic mass is 10.2. The summed E-state index contributed by atoms with van der Waals surface area (Å²) in [4.78, 5) is 4.59. The highest BCUT2D eigenvalue weighted by atomic mass is 79.9. The molecule has 0 fully saturated rings. The van der Waals surface area contributed by atoms with Crippen LogP contribution in [0.15, 0.2) is 41.8 Å². The summed E-state index contributed by atoms with van der Waals surface area (Å²) in [6.45, 7) is 0. The Labute approximate surface area is 170 Å². The van der Waals surface area contributed by atoms with Crippen molar-refractivity contribution in [3.05, 3.63) is 51.8 Å². The number of anilines is 2. The van der Waals surface area contributed by atoms with Crippen molar-refractivity contribution in [2.45, 2.75) is 0 Å². The van der Waals surface area contributed by atoms with Crippen LogP contribution in [0.2, 0.25) is 10.0 Å². The number of halogens is 3. The van der Waals surface area contributed by atoms with E-state index in [4.69, 9.17) is 32.7 Å². The van der Waals surface area contributed by atoms with Gasteiger partial charge in [0.1, 0.15) is 11.5 Å². The minimum atomic E-state index is 0. The van der Waals surface area contributed by atoms with Crippen molar-refractivity contribution in [2.24, 2.45) is 0 Å². The lowest BCUT2D eigenvalue weighted by molar-refractivity contribution is 0.405. The van der Waals surface area contributed by atoms with Crippen molar-refractivity contribution >= 4 is 62.3 Å². The zero-order chi connectivity index (χ0) is 17.1. The fourth-order valence-electron chi connectivity index (χ4n) is 2.16. The first-order chi connectivity index (χ1) is 11.6. The predicted molar refractivity (Wildman–Crippen MR) is 111 cm³/mol. The van der Waals surface area contributed by atoms with Crippen LogP contribution >= 0.6 is 51.5 Å². The molecule has 3 rings (SSSR count). The number of aromatic nitrogens is 1. The first-order valence-corrected chi connectivity index (χ1v) is 8.64. The molecule has 2 aromatic carbocycles. The number of nitrogens with zero attached hydrogens (tertiary/aromatic N) is 1. The van der Waals surface area contributed by atoms with Gasteiger partial charge in [-0.1, -0.05) is 35.3 Å². The van der Waals surface area contributed by atoms with E-state index in [9.17, 15) is 0 Å². The molecule has 4 nitrogen and oxygen atoms in total. The third-order valence-corrected chi connectivity index (χ3v) is 4.66. The lowest BCUT2D eigenvalue weighted by Crippen LogP contribution is -1.96. The van der Waals surface area contributed by atoms with E-state index in [2.05, 4.69) is 10.3 Å². The van der Waals surface area contributed by atoms with Crippen molar-refractivity contribution in [1.29, 1.82) is 0 Å². The molecule has 0 spiro atoms. The summed E-state index contributed by atoms with van der Waals surface area (Å²) in [5.41, 5.74) is 2.61. The van der Waals surface area contributed by atoms with E-state index in [1.807, 2.05) is 29.6 Å². The van der Waals surface area contributed by atoms with Crippen LogP contribution in [-0.2, 0) is 0 Å². The normalized spacial score (nSPS) is 10.1. The van der Waals surface area contributed by atoms with Crippen molar-refractivity contribution in [3.8, 4) is 22.8 Å². The van der Waals surface area contributed by atoms with Gasteiger partial charge in [0.2, 0.25) is 0 Å². The number of rotatable bonds is 5. The van der Waals surface area contributed by atoms with Gasteiger partial charge in [0.25, 0.3) is 0 Å². The van der Waals surface area contributed by atoms with Crippen LogP contribution in [-0.4, -0.2) is 19.2 Å². The molecular formula is C17H15BrCl2N2O2S. The molecule has 0 saturated carbocycles. The summed E-state index contributed by atoms with van der Waals surface area (Å²) in [5, 5.41) is 7.15. The van der Waals surface area contributed by atoms with E-state index < -0.39 is 0 Å². The second-order valence-electron chi connectivity index (χ2n) is 4.86. The van der Waals surface area contributed by atoms with Gasteiger partial charge in [0, 0.05) is 28.1 Å². The molecule has 0 amide bonds. The van der Waals surface area contributed by atoms with Gasteiger partial charge < -0.3 is 14.8 Å². The van der Waals surface area contributed by atoms with E-state index in [-0.39, 0.29) is 17.0 Å². The maximum Gasteiger partial charge on any atom is 0.187 e. The molecule has 25 heavy (non-hydrogen) atoms.